The lowest BCUT2D eigenvalue weighted by atomic mass is 10.0. The summed E-state index contributed by atoms with van der Waals surface area (Å²) in [6, 6.07) is 17.5. The van der Waals surface area contributed by atoms with E-state index in [1.165, 1.54) is 11.1 Å². The van der Waals surface area contributed by atoms with Crippen molar-refractivity contribution in [1.29, 1.82) is 0 Å². The number of amides is 1. The molecule has 0 spiro atoms. The fourth-order valence-corrected chi connectivity index (χ4v) is 2.92. The van der Waals surface area contributed by atoms with Crippen molar-refractivity contribution in [3.63, 3.8) is 0 Å². The zero-order valence-corrected chi connectivity index (χ0v) is 13.2. The molecule has 2 heterocycles. The minimum absolute atomic E-state index is 0.201. The van der Waals surface area contributed by atoms with Crippen LogP contribution in [0.1, 0.15) is 21.6 Å². The van der Waals surface area contributed by atoms with E-state index >= 15 is 0 Å². The quantitative estimate of drug-likeness (QED) is 0.781. The van der Waals surface area contributed by atoms with E-state index in [1.807, 2.05) is 42.5 Å². The molecule has 24 heavy (non-hydrogen) atoms. The van der Waals surface area contributed by atoms with Gasteiger partial charge in [0.05, 0.1) is 5.69 Å². The van der Waals surface area contributed by atoms with Crippen LogP contribution in [0.3, 0.4) is 0 Å². The minimum atomic E-state index is -0.201. The molecular weight excluding hydrogens is 300 g/mol. The molecule has 1 aromatic heterocycles. The first-order chi connectivity index (χ1) is 11.8. The Kier molecular flexibility index (Phi) is 3.84. The van der Waals surface area contributed by atoms with Gasteiger partial charge in [-0.05, 0) is 54.4 Å². The van der Waals surface area contributed by atoms with Crippen molar-refractivity contribution >= 4 is 11.6 Å². The molecular formula is C19H18N4O. The highest BCUT2D eigenvalue weighted by atomic mass is 16.1. The molecule has 0 bridgehead atoms. The lowest BCUT2D eigenvalue weighted by Crippen LogP contribution is -2.23. The number of nitrogens with one attached hydrogen (secondary N) is 2. The highest BCUT2D eigenvalue weighted by Crippen LogP contribution is 2.19. The number of hydrogen-bond acceptors (Lipinski definition) is 3. The number of carbonyl (C=O) groups excluding carboxylic acids is 1. The summed E-state index contributed by atoms with van der Waals surface area (Å²) in [5, 5.41) is 10.6. The molecule has 2 aromatic carbocycles. The number of carbonyl (C=O) groups is 1. The van der Waals surface area contributed by atoms with Gasteiger partial charge in [-0.25, -0.2) is 4.68 Å². The van der Waals surface area contributed by atoms with Gasteiger partial charge in [0.1, 0.15) is 0 Å². The predicted molar refractivity (Wildman–Crippen MR) is 93.4 cm³/mol. The fourth-order valence-electron chi connectivity index (χ4n) is 2.92. The molecule has 3 aromatic rings. The smallest absolute Gasteiger partial charge is 0.276 e. The zero-order chi connectivity index (χ0) is 16.4. The molecule has 0 radical (unpaired) electrons. The van der Waals surface area contributed by atoms with Crippen LogP contribution in [0.4, 0.5) is 5.69 Å². The molecule has 0 unspecified atom stereocenters. The number of rotatable bonds is 3. The summed E-state index contributed by atoms with van der Waals surface area (Å²) in [5.74, 6) is -0.201. The predicted octanol–water partition coefficient (Wildman–Crippen LogP) is 2.77. The molecule has 5 nitrogen and oxygen atoms in total. The molecule has 1 amide bonds. The first kappa shape index (κ1) is 14.7. The number of anilines is 1. The Morgan fingerprint density at radius 3 is 2.83 bits per heavy atom. The normalized spacial score (nSPS) is 13.3. The van der Waals surface area contributed by atoms with E-state index in [-0.39, 0.29) is 5.91 Å². The van der Waals surface area contributed by atoms with Crippen LogP contribution in [0.2, 0.25) is 0 Å². The summed E-state index contributed by atoms with van der Waals surface area (Å²) in [4.78, 5) is 12.4. The summed E-state index contributed by atoms with van der Waals surface area (Å²) in [5.41, 5.74) is 4.72. The van der Waals surface area contributed by atoms with Crippen molar-refractivity contribution in [3.8, 4) is 5.69 Å². The second-order valence-corrected chi connectivity index (χ2v) is 5.85. The molecule has 0 aliphatic carbocycles. The summed E-state index contributed by atoms with van der Waals surface area (Å²) in [6.07, 6.45) is 2.83. The van der Waals surface area contributed by atoms with Crippen molar-refractivity contribution < 1.29 is 4.79 Å². The van der Waals surface area contributed by atoms with Gasteiger partial charge in [-0.3, -0.25) is 4.79 Å². The maximum atomic E-state index is 12.4. The van der Waals surface area contributed by atoms with E-state index in [4.69, 9.17) is 0 Å². The van der Waals surface area contributed by atoms with Crippen LogP contribution in [0, 0.1) is 0 Å². The van der Waals surface area contributed by atoms with Crippen molar-refractivity contribution in [2.45, 2.75) is 13.0 Å². The van der Waals surface area contributed by atoms with E-state index in [9.17, 15) is 4.79 Å². The van der Waals surface area contributed by atoms with Crippen LogP contribution in [-0.2, 0) is 13.0 Å². The lowest BCUT2D eigenvalue weighted by Gasteiger charge is -2.17. The van der Waals surface area contributed by atoms with Gasteiger partial charge in [0.2, 0.25) is 0 Å². The van der Waals surface area contributed by atoms with Crippen LogP contribution in [0.5, 0.6) is 0 Å². The van der Waals surface area contributed by atoms with E-state index in [1.54, 1.807) is 16.9 Å². The molecule has 120 valence electrons. The zero-order valence-electron chi connectivity index (χ0n) is 13.2. The Bertz CT molecular complexity index is 870. The van der Waals surface area contributed by atoms with Crippen LogP contribution in [0.15, 0.2) is 60.8 Å². The van der Waals surface area contributed by atoms with Gasteiger partial charge < -0.3 is 10.6 Å². The number of benzene rings is 2. The maximum Gasteiger partial charge on any atom is 0.276 e. The molecule has 0 atom stereocenters. The average Bonchev–Trinajstić information content (AvgIpc) is 3.13. The van der Waals surface area contributed by atoms with Crippen LogP contribution in [-0.4, -0.2) is 22.2 Å². The van der Waals surface area contributed by atoms with Gasteiger partial charge in [-0.1, -0.05) is 24.3 Å². The van der Waals surface area contributed by atoms with Crippen LogP contribution < -0.4 is 10.6 Å². The Labute approximate surface area is 140 Å². The molecule has 0 fully saturated rings. The molecule has 1 aliphatic heterocycles. The van der Waals surface area contributed by atoms with E-state index in [0.29, 0.717) is 5.69 Å². The van der Waals surface area contributed by atoms with Crippen molar-refractivity contribution in [1.82, 2.24) is 15.1 Å². The minimum Gasteiger partial charge on any atom is -0.321 e. The third-order valence-corrected chi connectivity index (χ3v) is 4.19. The standard InChI is InChI=1S/C19H18N4O/c24-19(18-9-11-23(22-18)17-4-2-1-3-5-17)21-16-7-6-14-8-10-20-13-15(14)12-16/h1-7,9,11-12,20H,8,10,13H2,(H,21,24). The van der Waals surface area contributed by atoms with Crippen molar-refractivity contribution in [2.24, 2.45) is 0 Å². The molecule has 5 heteroatoms. The highest BCUT2D eigenvalue weighted by Gasteiger charge is 2.13. The number of hydrogen-bond donors (Lipinski definition) is 2. The second-order valence-electron chi connectivity index (χ2n) is 5.85. The fraction of sp³-hybridized carbons (Fsp3) is 0.158. The van der Waals surface area contributed by atoms with Gasteiger partial charge in [0, 0.05) is 18.4 Å². The first-order valence-corrected chi connectivity index (χ1v) is 8.04. The average molecular weight is 318 g/mol. The Balaban J connectivity index is 1.51. The second kappa shape index (κ2) is 6.29. The molecule has 4 rings (SSSR count). The van der Waals surface area contributed by atoms with Gasteiger partial charge >= 0.3 is 0 Å². The van der Waals surface area contributed by atoms with Gasteiger partial charge in [0.25, 0.3) is 5.91 Å². The maximum absolute atomic E-state index is 12.4. The third-order valence-electron chi connectivity index (χ3n) is 4.19. The summed E-state index contributed by atoms with van der Waals surface area (Å²) in [6.45, 7) is 1.86. The van der Waals surface area contributed by atoms with Gasteiger partial charge in [-0.2, -0.15) is 5.10 Å². The summed E-state index contributed by atoms with van der Waals surface area (Å²) >= 11 is 0. The highest BCUT2D eigenvalue weighted by molar-refractivity contribution is 6.02. The number of nitrogens with zero attached hydrogens (tertiary/aromatic N) is 2. The molecule has 2 N–H and O–H groups in total. The Morgan fingerprint density at radius 2 is 1.96 bits per heavy atom. The topological polar surface area (TPSA) is 59.0 Å². The summed E-state index contributed by atoms with van der Waals surface area (Å²) < 4.78 is 1.70. The van der Waals surface area contributed by atoms with Crippen LogP contribution >= 0.6 is 0 Å². The Hall–Kier alpha value is -2.92. The lowest BCUT2D eigenvalue weighted by molar-refractivity contribution is 0.102. The summed E-state index contributed by atoms with van der Waals surface area (Å²) in [7, 11) is 0. The van der Waals surface area contributed by atoms with Gasteiger partial charge in [-0.15, -0.1) is 0 Å². The molecule has 1 aliphatic rings. The van der Waals surface area contributed by atoms with Crippen LogP contribution in [0.25, 0.3) is 5.69 Å². The van der Waals surface area contributed by atoms with E-state index in [2.05, 4.69) is 21.8 Å². The molecule has 0 saturated carbocycles. The number of aromatic nitrogens is 2. The van der Waals surface area contributed by atoms with Gasteiger partial charge in [0.15, 0.2) is 5.69 Å². The van der Waals surface area contributed by atoms with E-state index < -0.39 is 0 Å². The number of para-hydroxylation sites is 1. The number of fused-ring (bicyclic) bond motifs is 1. The molecule has 0 saturated heterocycles. The largest absolute Gasteiger partial charge is 0.321 e. The first-order valence-electron chi connectivity index (χ1n) is 8.04. The Morgan fingerprint density at radius 1 is 1.08 bits per heavy atom. The third kappa shape index (κ3) is 2.94. The SMILES string of the molecule is O=C(Nc1ccc2c(c1)CNCC2)c1ccn(-c2ccccc2)n1. The van der Waals surface area contributed by atoms with Crippen molar-refractivity contribution in [2.75, 3.05) is 11.9 Å². The van der Waals surface area contributed by atoms with E-state index in [0.717, 1.165) is 30.9 Å². The van der Waals surface area contributed by atoms with Crippen molar-refractivity contribution in [3.05, 3.63) is 77.6 Å². The monoisotopic (exact) mass is 318 g/mol.